The maximum atomic E-state index is 12.4. The van der Waals surface area contributed by atoms with Gasteiger partial charge in [0.1, 0.15) is 0 Å². The first-order chi connectivity index (χ1) is 10.5. The second-order valence-corrected chi connectivity index (χ2v) is 5.82. The van der Waals surface area contributed by atoms with Crippen LogP contribution in [-0.4, -0.2) is 16.5 Å². The first kappa shape index (κ1) is 14.5. The minimum Gasteiger partial charge on any atom is -0.318 e. The normalized spacial score (nSPS) is 20.6. The van der Waals surface area contributed by atoms with Crippen molar-refractivity contribution in [1.82, 2.24) is 15.2 Å². The Balaban J connectivity index is 2.12. The van der Waals surface area contributed by atoms with E-state index in [9.17, 15) is 14.4 Å². The number of benzene rings is 1. The van der Waals surface area contributed by atoms with Crippen molar-refractivity contribution in [1.29, 1.82) is 0 Å². The fraction of sp³-hybridized carbons (Fsp3) is 0.133. The largest absolute Gasteiger partial charge is 0.322 e. The van der Waals surface area contributed by atoms with Gasteiger partial charge in [-0.2, -0.15) is 0 Å². The van der Waals surface area contributed by atoms with Gasteiger partial charge in [0.25, 0.3) is 11.5 Å². The first-order valence-electron chi connectivity index (χ1n) is 6.57. The lowest BCUT2D eigenvalue weighted by Gasteiger charge is -2.27. The van der Waals surface area contributed by atoms with E-state index in [-0.39, 0.29) is 12.1 Å². The third-order valence-corrected chi connectivity index (χ3v) is 4.19. The molecule has 1 aromatic carbocycles. The van der Waals surface area contributed by atoms with E-state index in [2.05, 4.69) is 26.6 Å². The van der Waals surface area contributed by atoms with E-state index in [0.717, 1.165) is 0 Å². The predicted octanol–water partition coefficient (Wildman–Crippen LogP) is 1.35. The third-order valence-electron chi connectivity index (χ3n) is 3.59. The Kier molecular flexibility index (Phi) is 3.58. The SMILES string of the molecule is O=C1NC(=O)C(Cn2cccc(Br)c2=O)(c2ccccc2)N1. The van der Waals surface area contributed by atoms with Crippen molar-refractivity contribution in [3.63, 3.8) is 0 Å². The average Bonchev–Trinajstić information content (AvgIpc) is 2.80. The monoisotopic (exact) mass is 361 g/mol. The van der Waals surface area contributed by atoms with Crippen molar-refractivity contribution < 1.29 is 9.59 Å². The van der Waals surface area contributed by atoms with Gasteiger partial charge in [-0.05, 0) is 33.6 Å². The van der Waals surface area contributed by atoms with Gasteiger partial charge >= 0.3 is 6.03 Å². The van der Waals surface area contributed by atoms with Crippen LogP contribution >= 0.6 is 15.9 Å². The molecule has 0 saturated carbocycles. The molecule has 2 heterocycles. The predicted molar refractivity (Wildman–Crippen MR) is 83.2 cm³/mol. The Morgan fingerprint density at radius 2 is 1.77 bits per heavy atom. The molecule has 1 aliphatic rings. The number of rotatable bonds is 3. The van der Waals surface area contributed by atoms with Crippen LogP contribution in [0.1, 0.15) is 5.56 Å². The molecule has 1 atom stereocenters. The summed E-state index contributed by atoms with van der Waals surface area (Å²) in [5, 5.41) is 4.90. The zero-order chi connectivity index (χ0) is 15.7. The highest BCUT2D eigenvalue weighted by Gasteiger charge is 2.48. The fourth-order valence-electron chi connectivity index (χ4n) is 2.51. The smallest absolute Gasteiger partial charge is 0.318 e. The van der Waals surface area contributed by atoms with E-state index in [0.29, 0.717) is 10.0 Å². The lowest BCUT2D eigenvalue weighted by molar-refractivity contribution is -0.124. The minimum atomic E-state index is -1.30. The molecule has 6 nitrogen and oxygen atoms in total. The first-order valence-corrected chi connectivity index (χ1v) is 7.36. The number of imide groups is 1. The number of carbonyl (C=O) groups excluding carboxylic acids is 2. The Bertz CT molecular complexity index is 803. The van der Waals surface area contributed by atoms with Crippen molar-refractivity contribution >= 4 is 27.9 Å². The molecule has 0 spiro atoms. The zero-order valence-corrected chi connectivity index (χ0v) is 13.0. The van der Waals surface area contributed by atoms with Gasteiger partial charge in [0, 0.05) is 6.20 Å². The van der Waals surface area contributed by atoms with Crippen LogP contribution in [0.25, 0.3) is 0 Å². The van der Waals surface area contributed by atoms with Crippen molar-refractivity contribution in [3.8, 4) is 0 Å². The molecule has 1 unspecified atom stereocenters. The number of nitrogens with one attached hydrogen (secondary N) is 2. The van der Waals surface area contributed by atoms with Crippen LogP contribution in [0.15, 0.2) is 57.9 Å². The van der Waals surface area contributed by atoms with E-state index >= 15 is 0 Å². The molecule has 1 saturated heterocycles. The van der Waals surface area contributed by atoms with Crippen molar-refractivity contribution in [2.45, 2.75) is 12.1 Å². The number of hydrogen-bond acceptors (Lipinski definition) is 3. The van der Waals surface area contributed by atoms with Crippen LogP contribution in [-0.2, 0) is 16.9 Å². The topological polar surface area (TPSA) is 80.2 Å². The van der Waals surface area contributed by atoms with E-state index in [4.69, 9.17) is 0 Å². The summed E-state index contributed by atoms with van der Waals surface area (Å²) in [6, 6.07) is 11.6. The number of urea groups is 1. The highest BCUT2D eigenvalue weighted by molar-refractivity contribution is 9.10. The average molecular weight is 362 g/mol. The van der Waals surface area contributed by atoms with Crippen LogP contribution in [0.3, 0.4) is 0 Å². The molecule has 112 valence electrons. The van der Waals surface area contributed by atoms with Gasteiger partial charge in [-0.3, -0.25) is 14.9 Å². The molecule has 7 heteroatoms. The van der Waals surface area contributed by atoms with Gasteiger partial charge in [-0.15, -0.1) is 0 Å². The molecular weight excluding hydrogens is 350 g/mol. The summed E-state index contributed by atoms with van der Waals surface area (Å²) in [5.74, 6) is -0.476. The van der Waals surface area contributed by atoms with Gasteiger partial charge in [-0.1, -0.05) is 30.3 Å². The van der Waals surface area contributed by atoms with E-state index in [1.165, 1.54) is 4.57 Å². The van der Waals surface area contributed by atoms with Gasteiger partial charge < -0.3 is 9.88 Å². The number of amides is 3. The second-order valence-electron chi connectivity index (χ2n) is 4.97. The molecule has 22 heavy (non-hydrogen) atoms. The lowest BCUT2D eigenvalue weighted by Crippen LogP contribution is -2.49. The molecule has 1 aromatic heterocycles. The van der Waals surface area contributed by atoms with Crippen LogP contribution < -0.4 is 16.2 Å². The number of pyridine rings is 1. The van der Waals surface area contributed by atoms with Gasteiger partial charge in [0.2, 0.25) is 0 Å². The van der Waals surface area contributed by atoms with Crippen molar-refractivity contribution in [2.24, 2.45) is 0 Å². The Morgan fingerprint density at radius 1 is 1.05 bits per heavy atom. The molecule has 3 rings (SSSR count). The Labute approximate surface area is 134 Å². The van der Waals surface area contributed by atoms with Gasteiger partial charge in [0.15, 0.2) is 5.54 Å². The molecule has 2 aromatic rings. The Morgan fingerprint density at radius 3 is 2.41 bits per heavy atom. The van der Waals surface area contributed by atoms with Gasteiger partial charge in [0.05, 0.1) is 11.0 Å². The summed E-state index contributed by atoms with van der Waals surface area (Å²) in [7, 11) is 0. The standard InChI is InChI=1S/C15H12BrN3O3/c16-11-7-4-8-19(12(11)20)9-15(10-5-2-1-3-6-10)13(21)17-14(22)18-15/h1-8H,9H2,(H2,17,18,21,22). The molecule has 0 bridgehead atoms. The summed E-state index contributed by atoms with van der Waals surface area (Å²) in [6.07, 6.45) is 1.58. The highest BCUT2D eigenvalue weighted by atomic mass is 79.9. The molecule has 1 fully saturated rings. The lowest BCUT2D eigenvalue weighted by atomic mass is 9.89. The third kappa shape index (κ3) is 2.33. The molecule has 1 aliphatic heterocycles. The summed E-state index contributed by atoms with van der Waals surface area (Å²) in [6.45, 7) is 0.00681. The number of hydrogen-bond donors (Lipinski definition) is 2. The zero-order valence-electron chi connectivity index (χ0n) is 11.4. The van der Waals surface area contributed by atoms with Gasteiger partial charge in [-0.25, -0.2) is 4.79 Å². The van der Waals surface area contributed by atoms with Crippen molar-refractivity contribution in [3.05, 3.63) is 69.1 Å². The maximum absolute atomic E-state index is 12.4. The van der Waals surface area contributed by atoms with E-state index in [1.54, 1.807) is 42.6 Å². The Hall–Kier alpha value is -2.41. The molecule has 2 N–H and O–H groups in total. The summed E-state index contributed by atoms with van der Waals surface area (Å²) < 4.78 is 1.78. The summed E-state index contributed by atoms with van der Waals surface area (Å²) in [5.41, 5.74) is -0.958. The summed E-state index contributed by atoms with van der Waals surface area (Å²) in [4.78, 5) is 36.2. The quantitative estimate of drug-likeness (QED) is 0.809. The van der Waals surface area contributed by atoms with Crippen LogP contribution in [0, 0.1) is 0 Å². The minimum absolute atomic E-state index is 0.00681. The van der Waals surface area contributed by atoms with Crippen LogP contribution in [0.5, 0.6) is 0 Å². The number of aromatic nitrogens is 1. The summed E-state index contributed by atoms with van der Waals surface area (Å²) >= 11 is 3.18. The van der Waals surface area contributed by atoms with E-state index < -0.39 is 17.5 Å². The highest BCUT2D eigenvalue weighted by Crippen LogP contribution is 2.26. The fourth-order valence-corrected chi connectivity index (χ4v) is 2.89. The van der Waals surface area contributed by atoms with E-state index in [1.807, 2.05) is 6.07 Å². The maximum Gasteiger partial charge on any atom is 0.322 e. The number of carbonyl (C=O) groups is 2. The number of nitrogens with zero attached hydrogens (tertiary/aromatic N) is 1. The number of halogens is 1. The molecular formula is C15H12BrN3O3. The van der Waals surface area contributed by atoms with Crippen LogP contribution in [0.4, 0.5) is 4.79 Å². The van der Waals surface area contributed by atoms with Crippen molar-refractivity contribution in [2.75, 3.05) is 0 Å². The molecule has 0 radical (unpaired) electrons. The molecule has 0 aliphatic carbocycles. The van der Waals surface area contributed by atoms with Crippen LogP contribution in [0.2, 0.25) is 0 Å². The molecule has 3 amide bonds. The second kappa shape index (κ2) is 5.42.